The van der Waals surface area contributed by atoms with Crippen LogP contribution in [0.2, 0.25) is 5.02 Å². The standard InChI is InChI=1S/C15H11ClN4O3/c16-11-5-7(1-2-8(11)13-17-3-4-18-13)12(21)9-6-10(9)14-19-15(22)23-20-14/h1-5,9-10H,6H2,(H,17,18)(H,19,20,22). The van der Waals surface area contributed by atoms with Crippen molar-refractivity contribution in [1.29, 1.82) is 0 Å². The van der Waals surface area contributed by atoms with Gasteiger partial charge in [0.25, 0.3) is 0 Å². The number of carbonyl (C=O) groups excluding carboxylic acids is 1. The van der Waals surface area contributed by atoms with Crippen molar-refractivity contribution in [2.45, 2.75) is 12.3 Å². The number of imidazole rings is 1. The minimum Gasteiger partial charge on any atom is -0.345 e. The first-order valence-corrected chi connectivity index (χ1v) is 7.40. The average molecular weight is 331 g/mol. The molecule has 8 heteroatoms. The average Bonchev–Trinajstić information content (AvgIpc) is 2.94. The Bertz CT molecular complexity index is 928. The van der Waals surface area contributed by atoms with E-state index in [1.807, 2.05) is 0 Å². The topological polar surface area (TPSA) is 105 Å². The van der Waals surface area contributed by atoms with E-state index < -0.39 is 5.76 Å². The van der Waals surface area contributed by atoms with Crippen molar-refractivity contribution in [1.82, 2.24) is 20.1 Å². The highest BCUT2D eigenvalue weighted by molar-refractivity contribution is 6.33. The molecule has 4 rings (SSSR count). The zero-order valence-electron chi connectivity index (χ0n) is 11.7. The van der Waals surface area contributed by atoms with Crippen LogP contribution in [-0.4, -0.2) is 25.9 Å². The second kappa shape index (κ2) is 5.20. The lowest BCUT2D eigenvalue weighted by molar-refractivity contribution is 0.0964. The van der Waals surface area contributed by atoms with Gasteiger partial charge in [-0.05, 0) is 18.6 Å². The molecule has 2 N–H and O–H groups in total. The molecule has 0 spiro atoms. The number of rotatable bonds is 4. The maximum absolute atomic E-state index is 12.5. The Labute approximate surface area is 134 Å². The van der Waals surface area contributed by atoms with Crippen molar-refractivity contribution in [2.75, 3.05) is 0 Å². The molecule has 0 saturated heterocycles. The second-order valence-corrected chi connectivity index (χ2v) is 5.83. The fourth-order valence-electron chi connectivity index (χ4n) is 2.68. The lowest BCUT2D eigenvalue weighted by Gasteiger charge is -2.04. The van der Waals surface area contributed by atoms with Gasteiger partial charge in [-0.15, -0.1) is 0 Å². The second-order valence-electron chi connectivity index (χ2n) is 5.43. The summed E-state index contributed by atoms with van der Waals surface area (Å²) in [7, 11) is 0. The monoisotopic (exact) mass is 330 g/mol. The van der Waals surface area contributed by atoms with Crippen molar-refractivity contribution < 1.29 is 9.32 Å². The molecule has 1 aromatic carbocycles. The first kappa shape index (κ1) is 14.0. The lowest BCUT2D eigenvalue weighted by atomic mass is 10.0. The molecule has 1 aliphatic carbocycles. The van der Waals surface area contributed by atoms with E-state index in [0.717, 1.165) is 5.56 Å². The molecule has 0 bridgehead atoms. The molecule has 2 heterocycles. The normalized spacial score (nSPS) is 19.7. The molecular weight excluding hydrogens is 320 g/mol. The van der Waals surface area contributed by atoms with Crippen molar-refractivity contribution in [2.24, 2.45) is 5.92 Å². The molecule has 2 unspecified atom stereocenters. The van der Waals surface area contributed by atoms with Crippen LogP contribution in [0.25, 0.3) is 11.4 Å². The van der Waals surface area contributed by atoms with Gasteiger partial charge in [-0.1, -0.05) is 22.8 Å². The van der Waals surface area contributed by atoms with Gasteiger partial charge in [0.05, 0.1) is 5.02 Å². The molecule has 2 atom stereocenters. The Morgan fingerprint density at radius 2 is 2.26 bits per heavy atom. The number of Topliss-reactive ketones (excluding diaryl/α,β-unsaturated/α-hetero) is 1. The maximum atomic E-state index is 12.5. The molecule has 2 aromatic heterocycles. The summed E-state index contributed by atoms with van der Waals surface area (Å²) in [4.78, 5) is 33.1. The predicted molar refractivity (Wildman–Crippen MR) is 81.3 cm³/mol. The van der Waals surface area contributed by atoms with E-state index in [1.165, 1.54) is 0 Å². The van der Waals surface area contributed by atoms with Crippen LogP contribution in [-0.2, 0) is 0 Å². The molecule has 1 saturated carbocycles. The van der Waals surface area contributed by atoms with E-state index in [4.69, 9.17) is 11.6 Å². The highest BCUT2D eigenvalue weighted by Gasteiger charge is 2.46. The van der Waals surface area contributed by atoms with Crippen LogP contribution < -0.4 is 5.76 Å². The smallest absolute Gasteiger partial charge is 0.345 e. The van der Waals surface area contributed by atoms with Gasteiger partial charge in [-0.25, -0.2) is 9.78 Å². The van der Waals surface area contributed by atoms with Crippen molar-refractivity contribution in [3.8, 4) is 11.4 Å². The maximum Gasteiger partial charge on any atom is 0.438 e. The number of hydrogen-bond donors (Lipinski definition) is 2. The first-order chi connectivity index (χ1) is 11.1. The number of aromatic nitrogens is 4. The highest BCUT2D eigenvalue weighted by Crippen LogP contribution is 2.47. The Morgan fingerprint density at radius 1 is 1.39 bits per heavy atom. The van der Waals surface area contributed by atoms with Gasteiger partial charge < -0.3 is 4.98 Å². The van der Waals surface area contributed by atoms with E-state index in [1.54, 1.807) is 30.6 Å². The van der Waals surface area contributed by atoms with Gasteiger partial charge in [0.1, 0.15) is 5.82 Å². The number of halogens is 1. The van der Waals surface area contributed by atoms with Crippen LogP contribution in [0.1, 0.15) is 28.5 Å². The summed E-state index contributed by atoms with van der Waals surface area (Å²) in [5.74, 6) is 0.138. The van der Waals surface area contributed by atoms with E-state index in [0.29, 0.717) is 28.7 Å². The highest BCUT2D eigenvalue weighted by atomic mass is 35.5. The number of aromatic amines is 2. The van der Waals surface area contributed by atoms with Crippen LogP contribution >= 0.6 is 11.6 Å². The minimum absolute atomic E-state index is 0.0215. The van der Waals surface area contributed by atoms with Gasteiger partial charge in [-0.2, -0.15) is 0 Å². The number of nitrogens with zero attached hydrogens (tertiary/aromatic N) is 2. The lowest BCUT2D eigenvalue weighted by Crippen LogP contribution is -2.04. The zero-order chi connectivity index (χ0) is 16.0. The molecule has 7 nitrogen and oxygen atoms in total. The first-order valence-electron chi connectivity index (χ1n) is 7.03. The van der Waals surface area contributed by atoms with Gasteiger partial charge >= 0.3 is 5.76 Å². The molecule has 1 aliphatic rings. The summed E-state index contributed by atoms with van der Waals surface area (Å²) >= 11 is 6.26. The van der Waals surface area contributed by atoms with Gasteiger partial charge in [0.15, 0.2) is 11.6 Å². The van der Waals surface area contributed by atoms with Crippen LogP contribution in [0.4, 0.5) is 0 Å². The number of benzene rings is 1. The van der Waals surface area contributed by atoms with E-state index in [2.05, 4.69) is 24.6 Å². The zero-order valence-corrected chi connectivity index (χ0v) is 12.5. The summed E-state index contributed by atoms with van der Waals surface area (Å²) < 4.78 is 4.47. The Morgan fingerprint density at radius 3 is 2.91 bits per heavy atom. The van der Waals surface area contributed by atoms with E-state index in [9.17, 15) is 9.59 Å². The van der Waals surface area contributed by atoms with Crippen molar-refractivity contribution in [3.05, 3.63) is 57.6 Å². The fraction of sp³-hybridized carbons (Fsp3) is 0.200. The summed E-state index contributed by atoms with van der Waals surface area (Å²) in [5.41, 5.74) is 1.27. The molecular formula is C15H11ClN4O3. The number of ketones is 1. The van der Waals surface area contributed by atoms with Crippen LogP contribution in [0.3, 0.4) is 0 Å². The molecule has 1 fully saturated rings. The number of carbonyl (C=O) groups is 1. The summed E-state index contributed by atoms with van der Waals surface area (Å²) in [6, 6.07) is 5.14. The van der Waals surface area contributed by atoms with Crippen molar-refractivity contribution in [3.63, 3.8) is 0 Å². The van der Waals surface area contributed by atoms with Gasteiger partial charge in [-0.3, -0.25) is 14.3 Å². The number of hydrogen-bond acceptors (Lipinski definition) is 5. The van der Waals surface area contributed by atoms with Crippen molar-refractivity contribution >= 4 is 17.4 Å². The predicted octanol–water partition coefficient (Wildman–Crippen LogP) is 2.39. The largest absolute Gasteiger partial charge is 0.438 e. The minimum atomic E-state index is -0.607. The quantitative estimate of drug-likeness (QED) is 0.715. The summed E-state index contributed by atoms with van der Waals surface area (Å²) in [6.45, 7) is 0. The fourth-order valence-corrected chi connectivity index (χ4v) is 2.95. The van der Waals surface area contributed by atoms with E-state index >= 15 is 0 Å². The van der Waals surface area contributed by atoms with Crippen LogP contribution in [0.15, 0.2) is 39.9 Å². The summed E-state index contributed by atoms with van der Waals surface area (Å²) in [5, 5.41) is 4.09. The molecule has 0 radical (unpaired) electrons. The van der Waals surface area contributed by atoms with Gasteiger partial charge in [0, 0.05) is 35.4 Å². The Kier molecular flexibility index (Phi) is 3.16. The Balaban J connectivity index is 1.56. The van der Waals surface area contributed by atoms with Crippen LogP contribution in [0.5, 0.6) is 0 Å². The molecule has 3 aromatic rings. The molecule has 23 heavy (non-hydrogen) atoms. The third kappa shape index (κ3) is 2.49. The third-order valence-electron chi connectivity index (χ3n) is 3.94. The molecule has 116 valence electrons. The van der Waals surface area contributed by atoms with Gasteiger partial charge in [0.2, 0.25) is 0 Å². The Hall–Kier alpha value is -2.67. The molecule has 0 aliphatic heterocycles. The number of H-pyrrole nitrogens is 2. The van der Waals surface area contributed by atoms with E-state index in [-0.39, 0.29) is 17.6 Å². The SMILES string of the molecule is O=C(c1ccc(-c2ncc[nH]2)c(Cl)c1)C1CC1c1noc(=O)[nH]1. The molecule has 0 amide bonds. The third-order valence-corrected chi connectivity index (χ3v) is 4.26. The number of nitrogens with one attached hydrogen (secondary N) is 2. The van der Waals surface area contributed by atoms with Crippen LogP contribution in [0, 0.1) is 5.92 Å². The summed E-state index contributed by atoms with van der Waals surface area (Å²) in [6.07, 6.45) is 3.98.